The van der Waals surface area contributed by atoms with Crippen molar-refractivity contribution in [2.75, 3.05) is 20.9 Å². The van der Waals surface area contributed by atoms with E-state index in [1.807, 2.05) is 0 Å². The van der Waals surface area contributed by atoms with Crippen LogP contribution >= 0.6 is 0 Å². The fraction of sp³-hybridized carbons (Fsp3) is 0.977. The van der Waals surface area contributed by atoms with Gasteiger partial charge in [-0.15, -0.1) is 0 Å². The van der Waals surface area contributed by atoms with Crippen LogP contribution in [0.1, 0.15) is 215 Å². The van der Waals surface area contributed by atoms with Gasteiger partial charge in [-0.2, -0.15) is 0 Å². The van der Waals surface area contributed by atoms with Crippen molar-refractivity contribution in [3.05, 3.63) is 0 Å². The van der Waals surface area contributed by atoms with Gasteiger partial charge in [0.05, 0.1) is 15.1 Å². The first kappa shape index (κ1) is 49.4. The van der Waals surface area contributed by atoms with Gasteiger partial charge in [0.15, 0.2) is 12.6 Å². The quantitative estimate of drug-likeness (QED) is 0.0522. The SMILES string of the molecule is CCCCCCCCCCCCCCCC(C)C1OCC2OC(OC)C(O)C(O)C2O1.CCCCCCCCCCCCCCCCCC=O.[2H]CF. The smallest absolute Gasteiger partial charge is 0.186 e. The highest BCUT2D eigenvalue weighted by molar-refractivity contribution is 5.48. The molecule has 2 saturated heterocycles. The van der Waals surface area contributed by atoms with E-state index < -0.39 is 37.9 Å². The van der Waals surface area contributed by atoms with Crippen LogP contribution in [0.15, 0.2) is 0 Å². The number of fused-ring (bicyclic) bond motifs is 1. The maximum atomic E-state index is 10.4. The maximum Gasteiger partial charge on any atom is 0.186 e. The van der Waals surface area contributed by atoms with E-state index in [0.29, 0.717) is 6.61 Å². The van der Waals surface area contributed by atoms with Crippen molar-refractivity contribution in [3.63, 3.8) is 0 Å². The molecule has 8 heteroatoms. The Labute approximate surface area is 322 Å². The van der Waals surface area contributed by atoms with Crippen LogP contribution in [-0.2, 0) is 23.7 Å². The van der Waals surface area contributed by atoms with Gasteiger partial charge in [0.2, 0.25) is 0 Å². The molecule has 2 fully saturated rings. The molecule has 0 saturated carbocycles. The molecule has 2 rings (SSSR count). The molecule has 0 amide bonds. The standard InChI is InChI=1S/C25H48O6.C18H36O.CH3F/c1-4-5-6-7-8-9-10-11-12-13-14-15-16-17-19(2)24-29-18-20-23(31-24)21(26)22(27)25(28-3)30-20;1-2-3-4-5-6-7-8-9-10-11-12-13-14-15-16-17-18-19;1-2/h19-27H,4-18H2,1-3H3;18H,2-17H2,1H3;1H3/i;;1D. The van der Waals surface area contributed by atoms with Gasteiger partial charge in [-0.3, -0.25) is 4.39 Å². The highest BCUT2D eigenvalue weighted by Crippen LogP contribution is 2.32. The highest BCUT2D eigenvalue weighted by Gasteiger charge is 2.49. The number of ether oxygens (including phenoxy) is 4. The molecule has 2 aliphatic rings. The molecule has 0 aromatic rings. The lowest BCUT2D eigenvalue weighted by molar-refractivity contribution is -0.362. The van der Waals surface area contributed by atoms with E-state index in [9.17, 15) is 19.4 Å². The van der Waals surface area contributed by atoms with E-state index in [4.69, 9.17) is 20.3 Å². The van der Waals surface area contributed by atoms with E-state index >= 15 is 0 Å². The van der Waals surface area contributed by atoms with Gasteiger partial charge in [-0.25, -0.2) is 0 Å². The van der Waals surface area contributed by atoms with Crippen LogP contribution in [0, 0.1) is 5.92 Å². The third-order valence-corrected chi connectivity index (χ3v) is 10.7. The second-order valence-corrected chi connectivity index (χ2v) is 15.5. The average molecular weight is 748 g/mol. The van der Waals surface area contributed by atoms with E-state index in [2.05, 4.69) is 20.8 Å². The summed E-state index contributed by atoms with van der Waals surface area (Å²) in [4.78, 5) is 10.1. The van der Waals surface area contributed by atoms with E-state index in [1.54, 1.807) is 0 Å². The molecular weight excluding hydrogens is 659 g/mol. The number of rotatable bonds is 32. The van der Waals surface area contributed by atoms with Crippen molar-refractivity contribution in [2.24, 2.45) is 5.92 Å². The number of carbonyl (C=O) groups is 1. The van der Waals surface area contributed by atoms with Gasteiger partial charge in [0, 0.05) is 19.4 Å². The zero-order chi connectivity index (χ0) is 39.2. The molecule has 7 nitrogen and oxygen atoms in total. The van der Waals surface area contributed by atoms with E-state index in [1.165, 1.54) is 180 Å². The molecule has 7 unspecified atom stereocenters. The first-order valence-corrected chi connectivity index (χ1v) is 22.0. The topological polar surface area (TPSA) is 94.5 Å². The Bertz CT molecular complexity index is 749. The largest absolute Gasteiger partial charge is 0.387 e. The van der Waals surface area contributed by atoms with Crippen molar-refractivity contribution in [1.82, 2.24) is 0 Å². The first-order chi connectivity index (χ1) is 25.9. The molecule has 0 radical (unpaired) electrons. The summed E-state index contributed by atoms with van der Waals surface area (Å²) in [6, 6.07) is 0. The number of methoxy groups -OCH3 is 1. The lowest BCUT2D eigenvalue weighted by Gasteiger charge is -2.46. The number of aliphatic hydroxyl groups excluding tert-OH is 2. The van der Waals surface area contributed by atoms with Crippen LogP contribution in [0.25, 0.3) is 0 Å². The van der Waals surface area contributed by atoms with Crippen molar-refractivity contribution in [1.29, 1.82) is 0 Å². The third kappa shape index (κ3) is 27.0. The Morgan fingerprint density at radius 2 is 1.06 bits per heavy atom. The molecule has 0 bridgehead atoms. The molecule has 312 valence electrons. The van der Waals surface area contributed by atoms with Gasteiger partial charge in [0.1, 0.15) is 30.7 Å². The number of halogens is 1. The van der Waals surface area contributed by atoms with Crippen LogP contribution in [0.5, 0.6) is 0 Å². The normalized spacial score (nSPS) is 23.4. The number of hydrogen-bond acceptors (Lipinski definition) is 7. The molecule has 0 aromatic carbocycles. The molecule has 0 aliphatic carbocycles. The molecule has 2 N–H and O–H groups in total. The van der Waals surface area contributed by atoms with Crippen LogP contribution in [-0.4, -0.2) is 74.4 Å². The van der Waals surface area contributed by atoms with Gasteiger partial charge in [-0.05, 0) is 12.8 Å². The Kier molecular flexibility index (Phi) is 36.7. The maximum absolute atomic E-state index is 10.4. The van der Waals surface area contributed by atoms with Crippen LogP contribution in [0.3, 0.4) is 0 Å². The number of carbonyl (C=O) groups excluding carboxylic acids is 1. The molecule has 0 aromatic heterocycles. The van der Waals surface area contributed by atoms with Crippen LogP contribution in [0.4, 0.5) is 4.39 Å². The molecule has 2 aliphatic heterocycles. The molecular formula is C44H87FO7. The Morgan fingerprint density at radius 1 is 0.673 bits per heavy atom. The lowest BCUT2D eigenvalue weighted by Crippen LogP contribution is -2.63. The Hall–Kier alpha value is -0.640. The van der Waals surface area contributed by atoms with Crippen molar-refractivity contribution in [2.45, 2.75) is 250 Å². The summed E-state index contributed by atoms with van der Waals surface area (Å²) in [6.45, 7) is 7.04. The van der Waals surface area contributed by atoms with Gasteiger partial charge >= 0.3 is 0 Å². The van der Waals surface area contributed by atoms with Gasteiger partial charge in [0.25, 0.3) is 0 Å². The third-order valence-electron chi connectivity index (χ3n) is 10.7. The van der Waals surface area contributed by atoms with E-state index in [0.717, 1.165) is 25.5 Å². The highest BCUT2D eigenvalue weighted by atomic mass is 19.1. The van der Waals surface area contributed by atoms with Crippen molar-refractivity contribution < 1.29 is 39.7 Å². The minimum atomic E-state index is -1.11. The fourth-order valence-corrected chi connectivity index (χ4v) is 7.30. The zero-order valence-electron chi connectivity index (χ0n) is 35.6. The monoisotopic (exact) mass is 748 g/mol. The number of aldehydes is 1. The second-order valence-electron chi connectivity index (χ2n) is 15.5. The lowest BCUT2D eigenvalue weighted by atomic mass is 9.96. The number of unbranched alkanes of at least 4 members (excludes halogenated alkanes) is 27. The summed E-state index contributed by atoms with van der Waals surface area (Å²) < 4.78 is 38.1. The van der Waals surface area contributed by atoms with Gasteiger partial charge in [-0.1, -0.05) is 194 Å². The molecule has 52 heavy (non-hydrogen) atoms. The Morgan fingerprint density at radius 3 is 1.44 bits per heavy atom. The fourth-order valence-electron chi connectivity index (χ4n) is 7.30. The Balaban J connectivity index is 0.00000105. The molecule has 7 atom stereocenters. The summed E-state index contributed by atoms with van der Waals surface area (Å²) in [5, 5.41) is 20.5. The number of alkyl halides is 1. The average Bonchev–Trinajstić information content (AvgIpc) is 3.17. The molecule has 2 heterocycles. The summed E-state index contributed by atoms with van der Waals surface area (Å²) >= 11 is 0. The van der Waals surface area contributed by atoms with E-state index in [-0.39, 0.29) is 12.2 Å². The van der Waals surface area contributed by atoms with Crippen LogP contribution in [0.2, 0.25) is 0 Å². The van der Waals surface area contributed by atoms with Gasteiger partial charge < -0.3 is 34.0 Å². The minimum absolute atomic E-state index is 0.248. The summed E-state index contributed by atoms with van der Waals surface area (Å²) in [5.41, 5.74) is 0. The summed E-state index contributed by atoms with van der Waals surface area (Å²) in [5.74, 6) is 0.248. The second kappa shape index (κ2) is 38.6. The van der Waals surface area contributed by atoms with Crippen LogP contribution < -0.4 is 0 Å². The first-order valence-electron chi connectivity index (χ1n) is 22.7. The number of aliphatic hydroxyl groups is 2. The molecule has 0 spiro atoms. The summed E-state index contributed by atoms with van der Waals surface area (Å²) in [7, 11) is 0.450. The predicted molar refractivity (Wildman–Crippen MR) is 214 cm³/mol. The zero-order valence-corrected chi connectivity index (χ0v) is 34.6. The van der Waals surface area contributed by atoms with Crippen molar-refractivity contribution >= 4 is 6.29 Å². The van der Waals surface area contributed by atoms with Crippen molar-refractivity contribution in [3.8, 4) is 0 Å². The summed E-state index contributed by atoms with van der Waals surface area (Å²) in [6.07, 6.45) is 36.9. The number of hydrogen-bond donors (Lipinski definition) is 2. The predicted octanol–water partition coefficient (Wildman–Crippen LogP) is 12.0. The minimum Gasteiger partial charge on any atom is -0.387 e.